The third-order valence-corrected chi connectivity index (χ3v) is 7.08. The summed E-state index contributed by atoms with van der Waals surface area (Å²) in [6.07, 6.45) is 8.92. The maximum atomic E-state index is 11.6. The molecule has 184 valence electrons. The molecule has 2 aliphatic heterocycles. The molecule has 0 aromatic carbocycles. The fourth-order valence-corrected chi connectivity index (χ4v) is 5.29. The highest BCUT2D eigenvalue weighted by molar-refractivity contribution is 5.69. The topological polar surface area (TPSA) is 77.5 Å². The molecule has 32 heavy (non-hydrogen) atoms. The van der Waals surface area contributed by atoms with Gasteiger partial charge < -0.3 is 24.1 Å². The highest BCUT2D eigenvalue weighted by atomic mass is 16.6. The number of esters is 1. The van der Waals surface area contributed by atoms with Crippen LogP contribution < -0.4 is 0 Å². The molecule has 0 spiro atoms. The highest BCUT2D eigenvalue weighted by Gasteiger charge is 2.56. The highest BCUT2D eigenvalue weighted by Crippen LogP contribution is 2.47. The molecule has 0 unspecified atom stereocenters. The minimum Gasteiger partial charge on any atom is -0.469 e. The molecule has 0 aromatic heterocycles. The number of methoxy groups -OCH3 is 2. The van der Waals surface area contributed by atoms with Crippen molar-refractivity contribution in [1.82, 2.24) is 0 Å². The van der Waals surface area contributed by atoms with Gasteiger partial charge in [-0.2, -0.15) is 0 Å². The second-order valence-corrected chi connectivity index (χ2v) is 10.1. The molecule has 0 aromatic rings. The predicted molar refractivity (Wildman–Crippen MR) is 125 cm³/mol. The fourth-order valence-electron chi connectivity index (χ4n) is 5.29. The number of hydrogen-bond donors (Lipinski definition) is 1. The van der Waals surface area contributed by atoms with E-state index in [1.807, 2.05) is 0 Å². The molecule has 6 nitrogen and oxygen atoms in total. The first-order valence-electron chi connectivity index (χ1n) is 12.0. The molecule has 0 bridgehead atoms. The van der Waals surface area contributed by atoms with Crippen LogP contribution in [0.2, 0.25) is 0 Å². The van der Waals surface area contributed by atoms with Crippen molar-refractivity contribution in [3.8, 4) is 0 Å². The van der Waals surface area contributed by atoms with Gasteiger partial charge in [0.25, 0.3) is 0 Å². The van der Waals surface area contributed by atoms with Crippen LogP contribution in [0.25, 0.3) is 0 Å². The molecule has 2 saturated heterocycles. The molecule has 2 aliphatic rings. The Morgan fingerprint density at radius 3 is 2.53 bits per heavy atom. The first kappa shape index (κ1) is 27.0. The van der Waals surface area contributed by atoms with E-state index in [0.29, 0.717) is 18.3 Å². The smallest absolute Gasteiger partial charge is 0.308 e. The van der Waals surface area contributed by atoms with Crippen molar-refractivity contribution in [1.29, 1.82) is 0 Å². The number of carbonyl (C=O) groups excluding carboxylic acids is 1. The van der Waals surface area contributed by atoms with Gasteiger partial charge in [0.2, 0.25) is 0 Å². The summed E-state index contributed by atoms with van der Waals surface area (Å²) in [7, 11) is 3.06. The van der Waals surface area contributed by atoms with Crippen LogP contribution in [0.15, 0.2) is 23.8 Å². The number of hydrogen-bond acceptors (Lipinski definition) is 6. The van der Waals surface area contributed by atoms with Gasteiger partial charge in [0.15, 0.2) is 0 Å². The number of allylic oxidation sites excluding steroid dienone is 3. The Bertz CT molecular complexity index is 671. The molecule has 2 fully saturated rings. The standard InChI is InChI=1S/C26H44O6/c1-16(15-26(6)25(32-26)19(4)24(30-8)20(5)27)10-9-11-17(2)23-18(3)12-13-21(31-23)14-22(28)29-7/h9-11,16,18-21,23-25,27H,12-15H2,1-8H3/b10-9+,17-11+/t16-,18+,19-,20-,21-,23-,24-,25-,26-/m1/s1. The number of epoxide rings is 1. The van der Waals surface area contributed by atoms with Crippen molar-refractivity contribution >= 4 is 5.97 Å². The minimum atomic E-state index is -0.523. The molecule has 1 N–H and O–H groups in total. The molecular weight excluding hydrogens is 408 g/mol. The van der Waals surface area contributed by atoms with Crippen molar-refractivity contribution < 1.29 is 28.8 Å². The predicted octanol–water partition coefficient (Wildman–Crippen LogP) is 4.45. The van der Waals surface area contributed by atoms with Gasteiger partial charge in [-0.1, -0.05) is 39.0 Å². The zero-order chi connectivity index (χ0) is 24.1. The monoisotopic (exact) mass is 452 g/mol. The van der Waals surface area contributed by atoms with Gasteiger partial charge in [-0.3, -0.25) is 4.79 Å². The van der Waals surface area contributed by atoms with Crippen LogP contribution >= 0.6 is 0 Å². The van der Waals surface area contributed by atoms with E-state index in [0.717, 1.165) is 19.3 Å². The molecule has 0 saturated carbocycles. The maximum absolute atomic E-state index is 11.6. The Morgan fingerprint density at radius 2 is 1.94 bits per heavy atom. The van der Waals surface area contributed by atoms with Crippen molar-refractivity contribution in [2.24, 2.45) is 17.8 Å². The second-order valence-electron chi connectivity index (χ2n) is 10.1. The second kappa shape index (κ2) is 11.8. The van der Waals surface area contributed by atoms with Gasteiger partial charge in [0.05, 0.1) is 49.7 Å². The molecule has 0 amide bonds. The van der Waals surface area contributed by atoms with Crippen LogP contribution in [0.4, 0.5) is 0 Å². The molecule has 9 atom stereocenters. The van der Waals surface area contributed by atoms with Gasteiger partial charge in [-0.05, 0) is 57.4 Å². The van der Waals surface area contributed by atoms with Gasteiger partial charge in [0, 0.05) is 13.0 Å². The third-order valence-electron chi connectivity index (χ3n) is 7.08. The lowest BCUT2D eigenvalue weighted by Crippen LogP contribution is -2.36. The molecule has 2 rings (SSSR count). The van der Waals surface area contributed by atoms with Crippen LogP contribution in [0.3, 0.4) is 0 Å². The zero-order valence-corrected chi connectivity index (χ0v) is 21.2. The quantitative estimate of drug-likeness (QED) is 0.283. The Labute approximate surface area is 194 Å². The largest absolute Gasteiger partial charge is 0.469 e. The maximum Gasteiger partial charge on any atom is 0.308 e. The molecule has 6 heteroatoms. The average Bonchev–Trinajstić information content (AvgIpc) is 3.39. The summed E-state index contributed by atoms with van der Waals surface area (Å²) >= 11 is 0. The van der Waals surface area contributed by atoms with E-state index in [1.165, 1.54) is 12.7 Å². The third kappa shape index (κ3) is 7.14. The number of carbonyl (C=O) groups is 1. The molecule has 0 aliphatic carbocycles. The zero-order valence-electron chi connectivity index (χ0n) is 21.2. The number of aliphatic hydroxyl groups is 1. The summed E-state index contributed by atoms with van der Waals surface area (Å²) in [5, 5.41) is 9.95. The van der Waals surface area contributed by atoms with Gasteiger partial charge in [-0.15, -0.1) is 0 Å². The fraction of sp³-hybridized carbons (Fsp3) is 0.808. The normalized spacial score (nSPS) is 34.7. The molecular formula is C26H44O6. The van der Waals surface area contributed by atoms with Crippen molar-refractivity contribution in [3.63, 3.8) is 0 Å². The Kier molecular flexibility index (Phi) is 9.95. The number of ether oxygens (including phenoxy) is 4. The van der Waals surface area contributed by atoms with Gasteiger partial charge in [0.1, 0.15) is 0 Å². The van der Waals surface area contributed by atoms with Crippen LogP contribution in [0.1, 0.15) is 67.2 Å². The van der Waals surface area contributed by atoms with Crippen LogP contribution in [0, 0.1) is 17.8 Å². The molecule has 2 heterocycles. The summed E-state index contributed by atoms with van der Waals surface area (Å²) in [6, 6.07) is 0. The Morgan fingerprint density at radius 1 is 1.25 bits per heavy atom. The first-order chi connectivity index (χ1) is 15.0. The summed E-state index contributed by atoms with van der Waals surface area (Å²) < 4.78 is 22.5. The average molecular weight is 453 g/mol. The Balaban J connectivity index is 1.89. The lowest BCUT2D eigenvalue weighted by atomic mass is 9.85. The van der Waals surface area contributed by atoms with Crippen LogP contribution in [-0.2, 0) is 23.7 Å². The first-order valence-corrected chi connectivity index (χ1v) is 12.0. The van der Waals surface area contributed by atoms with E-state index in [2.05, 4.69) is 52.8 Å². The number of rotatable bonds is 11. The van der Waals surface area contributed by atoms with Crippen molar-refractivity contribution in [3.05, 3.63) is 23.8 Å². The van der Waals surface area contributed by atoms with Crippen LogP contribution in [0.5, 0.6) is 0 Å². The van der Waals surface area contributed by atoms with E-state index in [4.69, 9.17) is 18.9 Å². The van der Waals surface area contributed by atoms with E-state index in [-0.39, 0.29) is 41.9 Å². The van der Waals surface area contributed by atoms with E-state index < -0.39 is 6.10 Å². The van der Waals surface area contributed by atoms with E-state index in [1.54, 1.807) is 14.0 Å². The van der Waals surface area contributed by atoms with Crippen molar-refractivity contribution in [2.45, 2.75) is 103 Å². The Hall–Kier alpha value is -1.21. The molecule has 0 radical (unpaired) electrons. The summed E-state index contributed by atoms with van der Waals surface area (Å²) in [5.74, 6) is 0.693. The summed E-state index contributed by atoms with van der Waals surface area (Å²) in [5.41, 5.74) is 0.992. The lowest BCUT2D eigenvalue weighted by Gasteiger charge is -2.35. The van der Waals surface area contributed by atoms with E-state index >= 15 is 0 Å². The van der Waals surface area contributed by atoms with Gasteiger partial charge in [-0.25, -0.2) is 0 Å². The van der Waals surface area contributed by atoms with E-state index in [9.17, 15) is 9.90 Å². The van der Waals surface area contributed by atoms with Crippen LogP contribution in [-0.4, -0.2) is 61.4 Å². The van der Waals surface area contributed by atoms with Crippen molar-refractivity contribution in [2.75, 3.05) is 14.2 Å². The summed E-state index contributed by atoms with van der Waals surface area (Å²) in [6.45, 7) is 12.5. The minimum absolute atomic E-state index is 0.0272. The number of aliphatic hydroxyl groups excluding tert-OH is 1. The van der Waals surface area contributed by atoms with Gasteiger partial charge >= 0.3 is 5.97 Å². The summed E-state index contributed by atoms with van der Waals surface area (Å²) in [4.78, 5) is 11.6. The lowest BCUT2D eigenvalue weighted by molar-refractivity contribution is -0.147. The SMILES string of the molecule is COC(=O)C[C@H]1CC[C@H](C)[C@@H](/C(C)=C/C=C/[C@@H](C)C[C@@]2(C)O[C@@H]2[C@H](C)[C@@H](OC)[C@@H](C)O)O1.